The van der Waals surface area contributed by atoms with Crippen molar-refractivity contribution in [1.82, 2.24) is 0 Å². The van der Waals surface area contributed by atoms with Gasteiger partial charge in [0.05, 0.1) is 11.6 Å². The van der Waals surface area contributed by atoms with Crippen LogP contribution in [0.5, 0.6) is 5.75 Å². The van der Waals surface area contributed by atoms with Gasteiger partial charge in [0.15, 0.2) is 12.2 Å². The molecule has 0 aliphatic carbocycles. The number of hydrogen-bond donors (Lipinski definition) is 0. The van der Waals surface area contributed by atoms with E-state index in [9.17, 15) is 9.59 Å². The van der Waals surface area contributed by atoms with Gasteiger partial charge in [-0.2, -0.15) is 5.26 Å². The molecule has 0 radical (unpaired) electrons. The third-order valence-electron chi connectivity index (χ3n) is 3.95. The van der Waals surface area contributed by atoms with Gasteiger partial charge in [0.2, 0.25) is 5.78 Å². The van der Waals surface area contributed by atoms with Crippen LogP contribution in [-0.4, -0.2) is 24.0 Å². The number of ketones is 1. The number of esters is 1. The minimum atomic E-state index is -0.907. The smallest absolute Gasteiger partial charge is 0.347 e. The Hall–Kier alpha value is -3.13. The van der Waals surface area contributed by atoms with Crippen molar-refractivity contribution < 1.29 is 19.1 Å². The number of aryl methyl sites for hydroxylation is 2. The molecule has 0 saturated carbocycles. The predicted octanol–water partition coefficient (Wildman–Crippen LogP) is 3.76. The van der Waals surface area contributed by atoms with Crippen LogP contribution in [0.15, 0.2) is 42.5 Å². The van der Waals surface area contributed by atoms with Gasteiger partial charge in [-0.3, -0.25) is 4.79 Å². The van der Waals surface area contributed by atoms with Crippen molar-refractivity contribution >= 4 is 11.8 Å². The van der Waals surface area contributed by atoms with E-state index in [-0.39, 0.29) is 5.78 Å². The SMILES string of the molecule is Cc1ccc(C)c(C(=O)[C@H](C)OC(=O)[C@H](C)Oc2ccc(C#N)cc2)c1. The third kappa shape index (κ3) is 4.70. The second-order valence-electron chi connectivity index (χ2n) is 6.16. The first-order valence-electron chi connectivity index (χ1n) is 8.30. The minimum absolute atomic E-state index is 0.245. The van der Waals surface area contributed by atoms with Crippen LogP contribution in [-0.2, 0) is 9.53 Å². The molecule has 0 aromatic heterocycles. The number of carbonyl (C=O) groups excluding carboxylic acids is 2. The minimum Gasteiger partial charge on any atom is -0.479 e. The molecule has 0 N–H and O–H groups in total. The molecule has 0 aliphatic rings. The predicted molar refractivity (Wildman–Crippen MR) is 97.0 cm³/mol. The summed E-state index contributed by atoms with van der Waals surface area (Å²) in [5, 5.41) is 8.78. The zero-order chi connectivity index (χ0) is 19.3. The Morgan fingerprint density at radius 3 is 2.27 bits per heavy atom. The summed E-state index contributed by atoms with van der Waals surface area (Å²) in [6.45, 7) is 6.85. The van der Waals surface area contributed by atoms with Crippen LogP contribution in [0.3, 0.4) is 0 Å². The number of hydrogen-bond acceptors (Lipinski definition) is 5. The molecule has 0 saturated heterocycles. The van der Waals surface area contributed by atoms with Gasteiger partial charge in [0.1, 0.15) is 5.75 Å². The van der Waals surface area contributed by atoms with Crippen LogP contribution in [0.25, 0.3) is 0 Å². The van der Waals surface area contributed by atoms with Crippen molar-refractivity contribution in [2.24, 2.45) is 0 Å². The lowest BCUT2D eigenvalue weighted by Crippen LogP contribution is -2.32. The molecule has 0 amide bonds. The van der Waals surface area contributed by atoms with Crippen molar-refractivity contribution in [3.05, 3.63) is 64.7 Å². The van der Waals surface area contributed by atoms with Crippen molar-refractivity contribution in [1.29, 1.82) is 5.26 Å². The molecular formula is C21H21NO4. The maximum absolute atomic E-state index is 12.6. The Balaban J connectivity index is 1.99. The first kappa shape index (κ1) is 19.2. The van der Waals surface area contributed by atoms with Gasteiger partial charge in [-0.25, -0.2) is 4.79 Å². The van der Waals surface area contributed by atoms with Gasteiger partial charge in [-0.15, -0.1) is 0 Å². The van der Waals surface area contributed by atoms with E-state index in [0.717, 1.165) is 11.1 Å². The van der Waals surface area contributed by atoms with Crippen molar-refractivity contribution in [3.8, 4) is 11.8 Å². The normalized spacial score (nSPS) is 12.6. The largest absolute Gasteiger partial charge is 0.479 e. The molecule has 0 bridgehead atoms. The molecule has 134 valence electrons. The van der Waals surface area contributed by atoms with Crippen LogP contribution >= 0.6 is 0 Å². The molecule has 2 aromatic carbocycles. The van der Waals surface area contributed by atoms with Gasteiger partial charge < -0.3 is 9.47 Å². The Morgan fingerprint density at radius 1 is 1.00 bits per heavy atom. The average Bonchev–Trinajstić information content (AvgIpc) is 2.63. The highest BCUT2D eigenvalue weighted by Gasteiger charge is 2.25. The van der Waals surface area contributed by atoms with Crippen molar-refractivity contribution in [2.75, 3.05) is 0 Å². The number of Topliss-reactive ketones (excluding diaryl/α,β-unsaturated/α-hetero) is 1. The fourth-order valence-corrected chi connectivity index (χ4v) is 2.40. The van der Waals surface area contributed by atoms with E-state index in [4.69, 9.17) is 14.7 Å². The second-order valence-corrected chi connectivity index (χ2v) is 6.16. The Bertz CT molecular complexity index is 849. The standard InChI is InChI=1S/C21H21NO4/c1-13-5-6-14(2)19(11-13)20(23)15(3)26-21(24)16(4)25-18-9-7-17(12-22)8-10-18/h5-11,15-16H,1-4H3/t15-,16-/m0/s1. The molecule has 0 fully saturated rings. The van der Waals surface area contributed by atoms with Gasteiger partial charge in [0, 0.05) is 5.56 Å². The van der Waals surface area contributed by atoms with Crippen molar-refractivity contribution in [2.45, 2.75) is 39.9 Å². The molecule has 2 atom stereocenters. The fourth-order valence-electron chi connectivity index (χ4n) is 2.40. The maximum atomic E-state index is 12.6. The lowest BCUT2D eigenvalue weighted by molar-refractivity contribution is -0.153. The van der Waals surface area contributed by atoms with Crippen LogP contribution in [0.1, 0.15) is 40.9 Å². The molecule has 5 nitrogen and oxygen atoms in total. The van der Waals surface area contributed by atoms with Gasteiger partial charge in [-0.05, 0) is 63.6 Å². The number of rotatable bonds is 6. The third-order valence-corrected chi connectivity index (χ3v) is 3.95. The summed E-state index contributed by atoms with van der Waals surface area (Å²) in [7, 11) is 0. The summed E-state index contributed by atoms with van der Waals surface area (Å²) in [6.07, 6.45) is -1.79. The molecule has 2 rings (SSSR count). The number of ether oxygens (including phenoxy) is 2. The summed E-state index contributed by atoms with van der Waals surface area (Å²) < 4.78 is 10.8. The highest BCUT2D eigenvalue weighted by atomic mass is 16.6. The molecule has 0 heterocycles. The van der Waals surface area contributed by atoms with Crippen LogP contribution in [0.4, 0.5) is 0 Å². The van der Waals surface area contributed by atoms with E-state index in [2.05, 4.69) is 0 Å². The zero-order valence-corrected chi connectivity index (χ0v) is 15.3. The number of carbonyl (C=O) groups is 2. The summed E-state index contributed by atoms with van der Waals surface area (Å²) >= 11 is 0. The van der Waals surface area contributed by atoms with E-state index >= 15 is 0 Å². The first-order valence-corrected chi connectivity index (χ1v) is 8.30. The van der Waals surface area contributed by atoms with Crippen LogP contribution in [0.2, 0.25) is 0 Å². The summed E-state index contributed by atoms with van der Waals surface area (Å²) in [4.78, 5) is 24.8. The molecule has 26 heavy (non-hydrogen) atoms. The maximum Gasteiger partial charge on any atom is 0.347 e. The molecule has 0 unspecified atom stereocenters. The average molecular weight is 351 g/mol. The fraction of sp³-hybridized carbons (Fsp3) is 0.286. The van der Waals surface area contributed by atoms with Gasteiger partial charge in [-0.1, -0.05) is 17.7 Å². The topological polar surface area (TPSA) is 76.4 Å². The molecular weight excluding hydrogens is 330 g/mol. The molecule has 0 aliphatic heterocycles. The molecule has 2 aromatic rings. The number of nitrogens with zero attached hydrogens (tertiary/aromatic N) is 1. The summed E-state index contributed by atoms with van der Waals surface area (Å²) in [5.74, 6) is -0.424. The first-order chi connectivity index (χ1) is 12.3. The highest BCUT2D eigenvalue weighted by molar-refractivity contribution is 6.01. The van der Waals surface area contributed by atoms with Gasteiger partial charge >= 0.3 is 5.97 Å². The quantitative estimate of drug-likeness (QED) is 0.585. The Morgan fingerprint density at radius 2 is 1.65 bits per heavy atom. The van der Waals surface area contributed by atoms with E-state index in [1.54, 1.807) is 44.2 Å². The van der Waals surface area contributed by atoms with E-state index < -0.39 is 18.2 Å². The van der Waals surface area contributed by atoms with Crippen LogP contribution < -0.4 is 4.74 Å². The highest BCUT2D eigenvalue weighted by Crippen LogP contribution is 2.17. The number of nitriles is 1. The van der Waals surface area contributed by atoms with E-state index in [0.29, 0.717) is 16.9 Å². The van der Waals surface area contributed by atoms with Crippen LogP contribution in [0, 0.1) is 25.2 Å². The lowest BCUT2D eigenvalue weighted by atomic mass is 9.99. The zero-order valence-electron chi connectivity index (χ0n) is 15.3. The lowest BCUT2D eigenvalue weighted by Gasteiger charge is -2.18. The summed E-state index contributed by atoms with van der Waals surface area (Å²) in [6, 6.07) is 14.0. The molecule has 0 spiro atoms. The Labute approximate surface area is 153 Å². The molecule has 5 heteroatoms. The van der Waals surface area contributed by atoms with E-state index in [1.807, 2.05) is 32.0 Å². The van der Waals surface area contributed by atoms with E-state index in [1.165, 1.54) is 0 Å². The summed E-state index contributed by atoms with van der Waals surface area (Å²) in [5.41, 5.74) is 2.85. The van der Waals surface area contributed by atoms with Gasteiger partial charge in [0.25, 0.3) is 0 Å². The number of benzene rings is 2. The second kappa shape index (κ2) is 8.30. The Kier molecular flexibility index (Phi) is 6.13. The monoisotopic (exact) mass is 351 g/mol. The van der Waals surface area contributed by atoms with Crippen molar-refractivity contribution in [3.63, 3.8) is 0 Å².